The van der Waals surface area contributed by atoms with Gasteiger partial charge in [0.2, 0.25) is 0 Å². The molecule has 3 rings (SSSR count). The third-order valence-electron chi connectivity index (χ3n) is 3.24. The van der Waals surface area contributed by atoms with E-state index in [0.717, 1.165) is 21.1 Å². The van der Waals surface area contributed by atoms with Crippen molar-refractivity contribution in [1.82, 2.24) is 9.55 Å². The molecule has 0 aliphatic heterocycles. The fourth-order valence-electron chi connectivity index (χ4n) is 2.24. The lowest BCUT2D eigenvalue weighted by atomic mass is 10.2. The molecule has 3 aromatic rings. The van der Waals surface area contributed by atoms with E-state index in [1.165, 1.54) is 0 Å². The maximum absolute atomic E-state index is 12.4. The highest BCUT2D eigenvalue weighted by Crippen LogP contribution is 2.16. The third-order valence-corrected chi connectivity index (χ3v) is 3.77. The van der Waals surface area contributed by atoms with Crippen LogP contribution in [0, 0.1) is 6.92 Å². The molecule has 0 aliphatic carbocycles. The number of nitrogens with zero attached hydrogens (tertiary/aromatic N) is 2. The number of aromatic nitrogens is 2. The highest BCUT2D eigenvalue weighted by molar-refractivity contribution is 9.10. The Balaban J connectivity index is 1.94. The van der Waals surface area contributed by atoms with Crippen molar-refractivity contribution in [2.75, 3.05) is 0 Å². The number of carbonyl (C=O) groups excluding carboxylic acids is 1. The maximum atomic E-state index is 12.4. The Morgan fingerprint density at radius 1 is 1.14 bits per heavy atom. The van der Waals surface area contributed by atoms with Gasteiger partial charge in [-0.1, -0.05) is 40.2 Å². The fraction of sp³-hybridized carbons (Fsp3) is 0.0588. The summed E-state index contributed by atoms with van der Waals surface area (Å²) < 4.78 is 2.65. The molecular formula is C17H13BrN2O. The number of fused-ring (bicyclic) bond motifs is 1. The van der Waals surface area contributed by atoms with Gasteiger partial charge in [0.15, 0.2) is 0 Å². The normalized spacial score (nSPS) is 11.3. The Hall–Kier alpha value is -2.20. The van der Waals surface area contributed by atoms with Gasteiger partial charge in [-0.25, -0.2) is 4.98 Å². The number of para-hydroxylation sites is 2. The number of aryl methyl sites for hydroxylation is 1. The number of carbonyl (C=O) groups is 1. The van der Waals surface area contributed by atoms with E-state index >= 15 is 0 Å². The van der Waals surface area contributed by atoms with Gasteiger partial charge in [0.05, 0.1) is 11.0 Å². The van der Waals surface area contributed by atoms with Crippen LogP contribution < -0.4 is 0 Å². The molecule has 0 radical (unpaired) electrons. The number of allylic oxidation sites excluding steroid dienone is 1. The first-order valence-electron chi connectivity index (χ1n) is 6.57. The van der Waals surface area contributed by atoms with E-state index in [2.05, 4.69) is 20.9 Å². The molecule has 3 nitrogen and oxygen atoms in total. The molecule has 0 amide bonds. The van der Waals surface area contributed by atoms with E-state index < -0.39 is 0 Å². The Morgan fingerprint density at radius 2 is 1.86 bits per heavy atom. The predicted molar refractivity (Wildman–Crippen MR) is 88.3 cm³/mol. The molecule has 2 aromatic carbocycles. The third kappa shape index (κ3) is 2.81. The number of hydrogen-bond acceptors (Lipinski definition) is 2. The topological polar surface area (TPSA) is 34.9 Å². The number of hydrogen-bond donors (Lipinski definition) is 0. The zero-order valence-corrected chi connectivity index (χ0v) is 13.0. The molecule has 0 fully saturated rings. The maximum Gasteiger partial charge on any atom is 0.256 e. The minimum absolute atomic E-state index is 0.0934. The first-order valence-corrected chi connectivity index (χ1v) is 7.36. The summed E-state index contributed by atoms with van der Waals surface area (Å²) in [7, 11) is 0. The first-order chi connectivity index (χ1) is 10.1. The highest BCUT2D eigenvalue weighted by atomic mass is 79.9. The van der Waals surface area contributed by atoms with Gasteiger partial charge in [0.1, 0.15) is 5.82 Å². The number of rotatable bonds is 2. The molecule has 0 saturated heterocycles. The van der Waals surface area contributed by atoms with E-state index in [1.54, 1.807) is 10.6 Å². The minimum atomic E-state index is -0.0934. The second kappa shape index (κ2) is 5.66. The molecule has 1 heterocycles. The smallest absolute Gasteiger partial charge is 0.256 e. The van der Waals surface area contributed by atoms with Gasteiger partial charge in [-0.3, -0.25) is 9.36 Å². The van der Waals surface area contributed by atoms with E-state index in [0.29, 0.717) is 5.82 Å². The van der Waals surface area contributed by atoms with Crippen molar-refractivity contribution < 1.29 is 4.79 Å². The van der Waals surface area contributed by atoms with Gasteiger partial charge < -0.3 is 0 Å². The van der Waals surface area contributed by atoms with Crippen LogP contribution in [0.1, 0.15) is 16.2 Å². The van der Waals surface area contributed by atoms with Crippen molar-refractivity contribution >= 4 is 38.9 Å². The van der Waals surface area contributed by atoms with E-state index in [9.17, 15) is 4.79 Å². The minimum Gasteiger partial charge on any atom is -0.269 e. The largest absolute Gasteiger partial charge is 0.269 e. The Kier molecular flexibility index (Phi) is 3.71. The lowest BCUT2D eigenvalue weighted by molar-refractivity contribution is 0.0972. The Bertz CT molecular complexity index is 832. The van der Waals surface area contributed by atoms with Crippen LogP contribution in [0.15, 0.2) is 59.1 Å². The molecule has 21 heavy (non-hydrogen) atoms. The van der Waals surface area contributed by atoms with E-state index in [4.69, 9.17) is 0 Å². The molecule has 1 aromatic heterocycles. The summed E-state index contributed by atoms with van der Waals surface area (Å²) in [6.45, 7) is 1.84. The Morgan fingerprint density at radius 3 is 2.62 bits per heavy atom. The molecule has 0 bridgehead atoms. The molecule has 0 atom stereocenters. The van der Waals surface area contributed by atoms with Gasteiger partial charge in [-0.05, 0) is 42.8 Å². The van der Waals surface area contributed by atoms with E-state index in [-0.39, 0.29) is 5.91 Å². The molecule has 4 heteroatoms. The molecule has 0 unspecified atom stereocenters. The highest BCUT2D eigenvalue weighted by Gasteiger charge is 2.10. The van der Waals surface area contributed by atoms with Crippen molar-refractivity contribution in [2.45, 2.75) is 6.92 Å². The molecule has 104 valence electrons. The van der Waals surface area contributed by atoms with Crippen LogP contribution in [0.2, 0.25) is 0 Å². The second-order valence-corrected chi connectivity index (χ2v) is 5.62. The van der Waals surface area contributed by atoms with Gasteiger partial charge in [0, 0.05) is 10.5 Å². The van der Waals surface area contributed by atoms with Crippen LogP contribution in [0.25, 0.3) is 17.1 Å². The van der Waals surface area contributed by atoms with Crippen LogP contribution in [0.5, 0.6) is 0 Å². The fourth-order valence-corrected chi connectivity index (χ4v) is 2.50. The SMILES string of the molecule is Cc1nc2ccccc2n1C(=O)/C=C/c1ccc(Br)cc1. The monoisotopic (exact) mass is 340 g/mol. The van der Waals surface area contributed by atoms with Gasteiger partial charge in [0.25, 0.3) is 5.91 Å². The number of halogens is 1. The van der Waals surface area contributed by atoms with Gasteiger partial charge in [-0.2, -0.15) is 0 Å². The summed E-state index contributed by atoms with van der Waals surface area (Å²) in [6.07, 6.45) is 3.38. The number of benzene rings is 2. The standard InChI is InChI=1S/C17H13BrN2O/c1-12-19-15-4-2-3-5-16(15)20(12)17(21)11-8-13-6-9-14(18)10-7-13/h2-11H,1H3/b11-8+. The predicted octanol–water partition coefficient (Wildman–Crippen LogP) is 4.46. The zero-order chi connectivity index (χ0) is 14.8. The summed E-state index contributed by atoms with van der Waals surface area (Å²) >= 11 is 3.39. The summed E-state index contributed by atoms with van der Waals surface area (Å²) in [4.78, 5) is 16.8. The average Bonchev–Trinajstić information content (AvgIpc) is 2.82. The van der Waals surface area contributed by atoms with Crippen LogP contribution in [-0.4, -0.2) is 15.5 Å². The van der Waals surface area contributed by atoms with Crippen LogP contribution in [0.4, 0.5) is 0 Å². The molecule has 0 saturated carbocycles. The van der Waals surface area contributed by atoms with Crippen molar-refractivity contribution in [3.05, 3.63) is 70.5 Å². The van der Waals surface area contributed by atoms with Crippen LogP contribution in [0.3, 0.4) is 0 Å². The molecule has 0 spiro atoms. The Labute approximate surface area is 131 Å². The zero-order valence-electron chi connectivity index (χ0n) is 11.5. The van der Waals surface area contributed by atoms with Crippen molar-refractivity contribution in [1.29, 1.82) is 0 Å². The van der Waals surface area contributed by atoms with Gasteiger partial charge in [-0.15, -0.1) is 0 Å². The lowest BCUT2D eigenvalue weighted by Gasteiger charge is -2.01. The second-order valence-electron chi connectivity index (χ2n) is 4.71. The lowest BCUT2D eigenvalue weighted by Crippen LogP contribution is -2.08. The molecule has 0 aliphatic rings. The molecular weight excluding hydrogens is 328 g/mol. The van der Waals surface area contributed by atoms with Crippen LogP contribution in [-0.2, 0) is 0 Å². The van der Waals surface area contributed by atoms with E-state index in [1.807, 2.05) is 61.5 Å². The first kappa shape index (κ1) is 13.8. The number of imidazole rings is 1. The summed E-state index contributed by atoms with van der Waals surface area (Å²) in [5.41, 5.74) is 2.65. The van der Waals surface area contributed by atoms with Crippen molar-refractivity contribution in [3.63, 3.8) is 0 Å². The summed E-state index contributed by atoms with van der Waals surface area (Å²) in [5, 5.41) is 0. The van der Waals surface area contributed by atoms with Crippen LogP contribution >= 0.6 is 15.9 Å². The summed E-state index contributed by atoms with van der Waals surface area (Å²) in [5.74, 6) is 0.603. The quantitative estimate of drug-likeness (QED) is 0.645. The van der Waals surface area contributed by atoms with Gasteiger partial charge >= 0.3 is 0 Å². The molecule has 0 N–H and O–H groups in total. The van der Waals surface area contributed by atoms with Crippen molar-refractivity contribution in [3.8, 4) is 0 Å². The average molecular weight is 341 g/mol. The summed E-state index contributed by atoms with van der Waals surface area (Å²) in [6, 6.07) is 15.4. The van der Waals surface area contributed by atoms with Crippen molar-refractivity contribution in [2.24, 2.45) is 0 Å².